The standard InChI is InChI=1S/C16H14N2OS/c17-10-11-20-15-9-5-4-8-14(15)16(19)18-12-13-6-2-1-3-7-13/h1-9H,11-12H2,(H,18,19). The Labute approximate surface area is 122 Å². The third kappa shape index (κ3) is 3.87. The van der Waals surface area contributed by atoms with Gasteiger partial charge in [-0.25, -0.2) is 0 Å². The molecular formula is C16H14N2OS. The second-order valence-electron chi connectivity index (χ2n) is 4.11. The summed E-state index contributed by atoms with van der Waals surface area (Å²) >= 11 is 1.38. The predicted octanol–water partition coefficient (Wildman–Crippen LogP) is 3.23. The van der Waals surface area contributed by atoms with Gasteiger partial charge in [0.05, 0.1) is 17.4 Å². The Morgan fingerprint density at radius 2 is 1.80 bits per heavy atom. The summed E-state index contributed by atoms with van der Waals surface area (Å²) in [5.41, 5.74) is 1.67. The first-order valence-electron chi connectivity index (χ1n) is 6.22. The first-order valence-corrected chi connectivity index (χ1v) is 7.20. The molecule has 0 atom stereocenters. The summed E-state index contributed by atoms with van der Waals surface area (Å²) in [6, 6.07) is 19.2. The third-order valence-electron chi connectivity index (χ3n) is 2.72. The van der Waals surface area contributed by atoms with E-state index in [1.165, 1.54) is 11.8 Å². The molecule has 0 radical (unpaired) electrons. The van der Waals surface area contributed by atoms with Crippen molar-refractivity contribution in [2.75, 3.05) is 5.75 Å². The number of hydrogen-bond donors (Lipinski definition) is 1. The van der Waals surface area contributed by atoms with Gasteiger partial charge in [-0.1, -0.05) is 42.5 Å². The molecule has 0 saturated heterocycles. The molecule has 0 unspecified atom stereocenters. The van der Waals surface area contributed by atoms with Crippen LogP contribution >= 0.6 is 11.8 Å². The van der Waals surface area contributed by atoms with E-state index < -0.39 is 0 Å². The number of nitrogens with zero attached hydrogens (tertiary/aromatic N) is 1. The molecule has 100 valence electrons. The van der Waals surface area contributed by atoms with E-state index in [-0.39, 0.29) is 5.91 Å². The Morgan fingerprint density at radius 1 is 1.10 bits per heavy atom. The summed E-state index contributed by atoms with van der Waals surface area (Å²) in [6.45, 7) is 0.497. The molecule has 1 N–H and O–H groups in total. The zero-order valence-corrected chi connectivity index (χ0v) is 11.7. The first kappa shape index (κ1) is 14.2. The Kier molecular flexibility index (Phi) is 5.22. The van der Waals surface area contributed by atoms with E-state index in [4.69, 9.17) is 5.26 Å². The van der Waals surface area contributed by atoms with Crippen LogP contribution in [0.15, 0.2) is 59.5 Å². The van der Waals surface area contributed by atoms with Crippen molar-refractivity contribution in [1.29, 1.82) is 5.26 Å². The van der Waals surface area contributed by atoms with Crippen LogP contribution in [0.4, 0.5) is 0 Å². The fourth-order valence-corrected chi connectivity index (χ4v) is 2.47. The highest BCUT2D eigenvalue weighted by atomic mass is 32.2. The zero-order chi connectivity index (χ0) is 14.2. The van der Waals surface area contributed by atoms with Crippen molar-refractivity contribution in [3.05, 3.63) is 65.7 Å². The number of hydrogen-bond acceptors (Lipinski definition) is 3. The summed E-state index contributed by atoms with van der Waals surface area (Å²) < 4.78 is 0. The maximum atomic E-state index is 12.2. The molecule has 4 heteroatoms. The van der Waals surface area contributed by atoms with Gasteiger partial charge in [0, 0.05) is 11.4 Å². The molecule has 2 aromatic carbocycles. The van der Waals surface area contributed by atoms with Gasteiger partial charge >= 0.3 is 0 Å². The maximum Gasteiger partial charge on any atom is 0.252 e. The average Bonchev–Trinajstić information content (AvgIpc) is 2.52. The fourth-order valence-electron chi connectivity index (χ4n) is 1.76. The van der Waals surface area contributed by atoms with Gasteiger partial charge in [-0.05, 0) is 17.7 Å². The lowest BCUT2D eigenvalue weighted by atomic mass is 10.2. The minimum absolute atomic E-state index is 0.116. The van der Waals surface area contributed by atoms with Crippen molar-refractivity contribution in [3.63, 3.8) is 0 Å². The Hall–Kier alpha value is -2.25. The molecule has 0 aliphatic rings. The van der Waals surface area contributed by atoms with Crippen LogP contribution in [0.2, 0.25) is 0 Å². The van der Waals surface area contributed by atoms with E-state index in [9.17, 15) is 4.79 Å². The molecule has 0 aliphatic heterocycles. The number of carbonyl (C=O) groups is 1. The SMILES string of the molecule is N#CCSc1ccccc1C(=O)NCc1ccccc1. The van der Waals surface area contributed by atoms with Gasteiger partial charge in [-0.3, -0.25) is 4.79 Å². The lowest BCUT2D eigenvalue weighted by Crippen LogP contribution is -2.23. The second kappa shape index (κ2) is 7.37. The number of amides is 1. The summed E-state index contributed by atoms with van der Waals surface area (Å²) in [6.07, 6.45) is 0. The minimum atomic E-state index is -0.116. The monoisotopic (exact) mass is 282 g/mol. The van der Waals surface area contributed by atoms with Gasteiger partial charge in [0.25, 0.3) is 5.91 Å². The van der Waals surface area contributed by atoms with Gasteiger partial charge in [0.1, 0.15) is 0 Å². The number of carbonyl (C=O) groups excluding carboxylic acids is 1. The number of nitrogens with one attached hydrogen (secondary N) is 1. The normalized spacial score (nSPS) is 9.75. The number of nitriles is 1. The molecule has 0 fully saturated rings. The molecular weight excluding hydrogens is 268 g/mol. The lowest BCUT2D eigenvalue weighted by Gasteiger charge is -2.08. The van der Waals surface area contributed by atoms with Crippen LogP contribution in [0.5, 0.6) is 0 Å². The molecule has 0 aromatic heterocycles. The highest BCUT2D eigenvalue weighted by Gasteiger charge is 2.10. The average molecular weight is 282 g/mol. The maximum absolute atomic E-state index is 12.2. The van der Waals surface area contributed by atoms with Crippen LogP contribution < -0.4 is 5.32 Å². The molecule has 1 amide bonds. The van der Waals surface area contributed by atoms with Crippen LogP contribution in [0.25, 0.3) is 0 Å². The van der Waals surface area contributed by atoms with E-state index >= 15 is 0 Å². The first-order chi connectivity index (χ1) is 9.81. The van der Waals surface area contributed by atoms with Crippen LogP contribution in [0, 0.1) is 11.3 Å². The molecule has 2 rings (SSSR count). The van der Waals surface area contributed by atoms with E-state index in [0.29, 0.717) is 17.9 Å². The highest BCUT2D eigenvalue weighted by Crippen LogP contribution is 2.22. The van der Waals surface area contributed by atoms with Crippen molar-refractivity contribution in [3.8, 4) is 6.07 Å². The molecule has 0 spiro atoms. The molecule has 0 bridgehead atoms. The van der Waals surface area contributed by atoms with E-state index in [1.54, 1.807) is 6.07 Å². The van der Waals surface area contributed by atoms with Crippen molar-refractivity contribution >= 4 is 17.7 Å². The van der Waals surface area contributed by atoms with Crippen molar-refractivity contribution in [1.82, 2.24) is 5.32 Å². The Morgan fingerprint density at radius 3 is 2.55 bits per heavy atom. The van der Waals surface area contributed by atoms with E-state index in [0.717, 1.165) is 10.5 Å². The van der Waals surface area contributed by atoms with Crippen molar-refractivity contribution in [2.45, 2.75) is 11.4 Å². The lowest BCUT2D eigenvalue weighted by molar-refractivity contribution is 0.0948. The van der Waals surface area contributed by atoms with Gasteiger partial charge in [0.2, 0.25) is 0 Å². The largest absolute Gasteiger partial charge is 0.348 e. The molecule has 0 heterocycles. The highest BCUT2D eigenvalue weighted by molar-refractivity contribution is 7.99. The number of benzene rings is 2. The zero-order valence-electron chi connectivity index (χ0n) is 10.9. The quantitative estimate of drug-likeness (QED) is 0.857. The second-order valence-corrected chi connectivity index (χ2v) is 5.13. The molecule has 3 nitrogen and oxygen atoms in total. The topological polar surface area (TPSA) is 52.9 Å². The number of thioether (sulfide) groups is 1. The molecule has 0 aliphatic carbocycles. The molecule has 0 saturated carbocycles. The smallest absolute Gasteiger partial charge is 0.252 e. The van der Waals surface area contributed by atoms with Gasteiger partial charge in [-0.15, -0.1) is 11.8 Å². The minimum Gasteiger partial charge on any atom is -0.348 e. The van der Waals surface area contributed by atoms with Crippen LogP contribution in [-0.4, -0.2) is 11.7 Å². The third-order valence-corrected chi connectivity index (χ3v) is 3.66. The van der Waals surface area contributed by atoms with Crippen LogP contribution in [-0.2, 0) is 6.54 Å². The number of rotatable bonds is 5. The summed E-state index contributed by atoms with van der Waals surface area (Å²) in [4.78, 5) is 13.0. The summed E-state index contributed by atoms with van der Waals surface area (Å²) in [5.74, 6) is 0.220. The van der Waals surface area contributed by atoms with E-state index in [2.05, 4.69) is 11.4 Å². The Balaban J connectivity index is 2.04. The van der Waals surface area contributed by atoms with Crippen molar-refractivity contribution in [2.24, 2.45) is 0 Å². The van der Waals surface area contributed by atoms with Gasteiger partial charge in [0.15, 0.2) is 0 Å². The van der Waals surface area contributed by atoms with E-state index in [1.807, 2.05) is 48.5 Å². The van der Waals surface area contributed by atoms with Gasteiger partial charge in [-0.2, -0.15) is 5.26 Å². The molecule has 20 heavy (non-hydrogen) atoms. The fraction of sp³-hybridized carbons (Fsp3) is 0.125. The van der Waals surface area contributed by atoms with Crippen molar-refractivity contribution < 1.29 is 4.79 Å². The predicted molar refractivity (Wildman–Crippen MR) is 80.4 cm³/mol. The van der Waals surface area contributed by atoms with Crippen LogP contribution in [0.3, 0.4) is 0 Å². The molecule has 2 aromatic rings. The summed E-state index contributed by atoms with van der Waals surface area (Å²) in [7, 11) is 0. The summed E-state index contributed by atoms with van der Waals surface area (Å²) in [5, 5.41) is 11.5. The van der Waals surface area contributed by atoms with Crippen LogP contribution in [0.1, 0.15) is 15.9 Å². The Bertz CT molecular complexity index is 620. The van der Waals surface area contributed by atoms with Gasteiger partial charge < -0.3 is 5.32 Å².